The molecule has 2 aliphatic rings. The van der Waals surface area contributed by atoms with Crippen LogP contribution in [0, 0.1) is 6.92 Å². The molecular weight excluding hydrogens is 600 g/mol. The van der Waals surface area contributed by atoms with E-state index in [9.17, 15) is 0 Å². The number of hydrogen-bond acceptors (Lipinski definition) is 3. The van der Waals surface area contributed by atoms with E-state index in [1.165, 1.54) is 54.3 Å². The van der Waals surface area contributed by atoms with E-state index in [0.29, 0.717) is 0 Å². The van der Waals surface area contributed by atoms with Crippen LogP contribution in [-0.2, 0) is 5.41 Å². The molecule has 7 aromatic rings. The number of nitrogens with zero attached hydrogens (tertiary/aromatic N) is 2. The van der Waals surface area contributed by atoms with Crippen LogP contribution in [0.1, 0.15) is 28.1 Å². The maximum atomic E-state index is 6.81. The topological polar surface area (TPSA) is 25.8 Å². The van der Waals surface area contributed by atoms with Crippen molar-refractivity contribution in [3.63, 3.8) is 0 Å². The van der Waals surface area contributed by atoms with Gasteiger partial charge in [0.2, 0.25) is 0 Å². The van der Waals surface area contributed by atoms with Crippen molar-refractivity contribution < 1.29 is 0 Å². The summed E-state index contributed by atoms with van der Waals surface area (Å²) in [5.41, 5.74) is 13.3. The lowest BCUT2D eigenvalue weighted by molar-refractivity contribution is 0.722. The highest BCUT2D eigenvalue weighted by atomic mass is 35.5. The largest absolute Gasteiger partial charge is 0.233 e. The minimum Gasteiger partial charge on any atom is -0.233 e. The standard InChI is InChI=1S/C42H27ClN2S/c1-26-44-37(29-20-18-28(19-21-29)27-10-3-2-4-11-27)25-38(45-26)32-12-9-15-35-41(32)31-23-22-30(43)24-36(31)42(35)33-13-5-7-16-39(33)46-40-17-8-6-14-34(40)42/h2-25H,1H3. The first kappa shape index (κ1) is 27.4. The van der Waals surface area contributed by atoms with Gasteiger partial charge in [0.1, 0.15) is 5.82 Å². The van der Waals surface area contributed by atoms with E-state index in [0.717, 1.165) is 33.4 Å². The summed E-state index contributed by atoms with van der Waals surface area (Å²) in [7, 11) is 0. The Morgan fingerprint density at radius 3 is 1.85 bits per heavy atom. The van der Waals surface area contributed by atoms with Crippen LogP contribution in [0.25, 0.3) is 44.8 Å². The number of aromatic nitrogens is 2. The van der Waals surface area contributed by atoms with Crippen molar-refractivity contribution in [2.45, 2.75) is 22.1 Å². The summed E-state index contributed by atoms with van der Waals surface area (Å²) in [5.74, 6) is 0.742. The van der Waals surface area contributed by atoms with Crippen molar-refractivity contribution in [2.24, 2.45) is 0 Å². The van der Waals surface area contributed by atoms with Crippen molar-refractivity contribution in [1.29, 1.82) is 0 Å². The van der Waals surface area contributed by atoms with Gasteiger partial charge in [-0.1, -0.05) is 139 Å². The molecule has 46 heavy (non-hydrogen) atoms. The van der Waals surface area contributed by atoms with E-state index in [4.69, 9.17) is 21.6 Å². The Balaban J connectivity index is 1.27. The van der Waals surface area contributed by atoms with E-state index in [1.807, 2.05) is 30.8 Å². The molecule has 6 aromatic carbocycles. The lowest BCUT2D eigenvalue weighted by atomic mass is 9.67. The predicted molar refractivity (Wildman–Crippen MR) is 190 cm³/mol. The van der Waals surface area contributed by atoms with E-state index < -0.39 is 5.41 Å². The molecule has 0 saturated heterocycles. The summed E-state index contributed by atoms with van der Waals surface area (Å²) in [6.45, 7) is 1.98. The highest BCUT2D eigenvalue weighted by molar-refractivity contribution is 7.99. The molecule has 218 valence electrons. The zero-order valence-electron chi connectivity index (χ0n) is 25.0. The highest BCUT2D eigenvalue weighted by Gasteiger charge is 2.50. The zero-order valence-corrected chi connectivity index (χ0v) is 26.6. The maximum Gasteiger partial charge on any atom is 0.126 e. The smallest absolute Gasteiger partial charge is 0.126 e. The van der Waals surface area contributed by atoms with Crippen LogP contribution in [0.2, 0.25) is 5.02 Å². The number of halogens is 1. The van der Waals surface area contributed by atoms with Gasteiger partial charge < -0.3 is 0 Å². The van der Waals surface area contributed by atoms with Crippen molar-refractivity contribution in [1.82, 2.24) is 9.97 Å². The van der Waals surface area contributed by atoms with Crippen molar-refractivity contribution >= 4 is 23.4 Å². The SMILES string of the molecule is Cc1nc(-c2ccc(-c3ccccc3)cc2)cc(-c2cccc3c2-c2ccc(Cl)cc2C32c3ccccc3Sc3ccccc32)n1. The van der Waals surface area contributed by atoms with E-state index in [-0.39, 0.29) is 0 Å². The molecule has 1 aliphatic carbocycles. The van der Waals surface area contributed by atoms with Crippen LogP contribution in [0.15, 0.2) is 155 Å². The zero-order chi connectivity index (χ0) is 30.8. The molecule has 0 fully saturated rings. The molecule has 2 heterocycles. The maximum absolute atomic E-state index is 6.81. The van der Waals surface area contributed by atoms with Crippen LogP contribution in [0.3, 0.4) is 0 Å². The summed E-state index contributed by atoms with van der Waals surface area (Å²) in [6, 6.07) is 52.0. The third-order valence-corrected chi connectivity index (χ3v) is 10.7. The number of fused-ring (bicyclic) bond motifs is 9. The van der Waals surface area contributed by atoms with E-state index >= 15 is 0 Å². The minimum absolute atomic E-state index is 0.498. The second kappa shape index (κ2) is 10.6. The van der Waals surface area contributed by atoms with Crippen LogP contribution in [0.4, 0.5) is 0 Å². The normalized spacial score (nSPS) is 13.5. The lowest BCUT2D eigenvalue weighted by Crippen LogP contribution is -2.31. The van der Waals surface area contributed by atoms with Gasteiger partial charge >= 0.3 is 0 Å². The first-order chi connectivity index (χ1) is 22.6. The average molecular weight is 627 g/mol. The molecule has 0 atom stereocenters. The molecule has 9 rings (SSSR count). The summed E-state index contributed by atoms with van der Waals surface area (Å²) < 4.78 is 0. The van der Waals surface area contributed by atoms with Crippen molar-refractivity contribution in [3.8, 4) is 44.8 Å². The van der Waals surface area contributed by atoms with E-state index in [1.54, 1.807) is 0 Å². The molecule has 0 bridgehead atoms. The molecule has 0 N–H and O–H groups in total. The third kappa shape index (κ3) is 4.05. The number of hydrogen-bond donors (Lipinski definition) is 0. The molecule has 0 radical (unpaired) electrons. The minimum atomic E-state index is -0.498. The fourth-order valence-electron chi connectivity index (χ4n) is 7.45. The summed E-state index contributed by atoms with van der Waals surface area (Å²) in [5, 5.41) is 0.736. The molecular formula is C42H27ClN2S. The lowest BCUT2D eigenvalue weighted by Gasteiger charge is -2.39. The monoisotopic (exact) mass is 626 g/mol. The van der Waals surface area contributed by atoms with Crippen LogP contribution >= 0.6 is 23.4 Å². The van der Waals surface area contributed by atoms with Gasteiger partial charge in [-0.2, -0.15) is 0 Å². The molecule has 0 saturated carbocycles. The first-order valence-electron chi connectivity index (χ1n) is 15.4. The molecule has 4 heteroatoms. The van der Waals surface area contributed by atoms with Gasteiger partial charge in [0.05, 0.1) is 16.8 Å². The van der Waals surface area contributed by atoms with Gasteiger partial charge in [-0.05, 0) is 81.8 Å². The van der Waals surface area contributed by atoms with Gasteiger partial charge in [0, 0.05) is 25.9 Å². The molecule has 1 spiro atoms. The molecule has 1 aromatic heterocycles. The predicted octanol–water partition coefficient (Wildman–Crippen LogP) is 11.3. The quantitative estimate of drug-likeness (QED) is 0.195. The number of rotatable bonds is 3. The Labute approximate surface area is 277 Å². The van der Waals surface area contributed by atoms with Gasteiger partial charge in [-0.25, -0.2) is 9.97 Å². The van der Waals surface area contributed by atoms with Gasteiger partial charge in [-0.3, -0.25) is 0 Å². The van der Waals surface area contributed by atoms with Crippen molar-refractivity contribution in [3.05, 3.63) is 179 Å². The second-order valence-corrected chi connectivity index (χ2v) is 13.4. The van der Waals surface area contributed by atoms with E-state index in [2.05, 4.69) is 133 Å². The van der Waals surface area contributed by atoms with Gasteiger partial charge in [-0.15, -0.1) is 0 Å². The Kier molecular flexibility index (Phi) is 6.28. The Hall–Kier alpha value is -4.96. The Bertz CT molecular complexity index is 2270. The Morgan fingerprint density at radius 1 is 0.500 bits per heavy atom. The number of benzene rings is 6. The summed E-state index contributed by atoms with van der Waals surface area (Å²) >= 11 is 8.66. The van der Waals surface area contributed by atoms with Crippen LogP contribution < -0.4 is 0 Å². The first-order valence-corrected chi connectivity index (χ1v) is 16.6. The number of aryl methyl sites for hydroxylation is 1. The average Bonchev–Trinajstić information content (AvgIpc) is 3.38. The molecule has 0 unspecified atom stereocenters. The molecule has 1 aliphatic heterocycles. The fraction of sp³-hybridized carbons (Fsp3) is 0.0476. The van der Waals surface area contributed by atoms with Crippen LogP contribution in [0.5, 0.6) is 0 Å². The van der Waals surface area contributed by atoms with Crippen molar-refractivity contribution in [2.75, 3.05) is 0 Å². The fourth-order valence-corrected chi connectivity index (χ4v) is 8.82. The summed E-state index contributed by atoms with van der Waals surface area (Å²) in [4.78, 5) is 12.5. The third-order valence-electron chi connectivity index (χ3n) is 9.33. The van der Waals surface area contributed by atoms with Crippen LogP contribution in [-0.4, -0.2) is 9.97 Å². The highest BCUT2D eigenvalue weighted by Crippen LogP contribution is 2.63. The molecule has 2 nitrogen and oxygen atoms in total. The second-order valence-electron chi connectivity index (χ2n) is 11.9. The molecule has 0 amide bonds. The Morgan fingerprint density at radius 2 is 1.11 bits per heavy atom. The van der Waals surface area contributed by atoms with Gasteiger partial charge in [0.15, 0.2) is 0 Å². The summed E-state index contributed by atoms with van der Waals surface area (Å²) in [6.07, 6.45) is 0. The van der Waals surface area contributed by atoms with Gasteiger partial charge in [0.25, 0.3) is 0 Å².